The lowest BCUT2D eigenvalue weighted by atomic mass is 9.76. The van der Waals surface area contributed by atoms with Crippen molar-refractivity contribution in [2.24, 2.45) is 0 Å². The second kappa shape index (κ2) is 7.99. The van der Waals surface area contributed by atoms with Gasteiger partial charge in [-0.15, -0.1) is 0 Å². The maximum absolute atomic E-state index is 14.2. The van der Waals surface area contributed by atoms with E-state index < -0.39 is 28.7 Å². The summed E-state index contributed by atoms with van der Waals surface area (Å²) >= 11 is 0. The van der Waals surface area contributed by atoms with Crippen molar-refractivity contribution >= 4 is 5.69 Å². The van der Waals surface area contributed by atoms with Gasteiger partial charge in [-0.25, -0.2) is 4.39 Å². The van der Waals surface area contributed by atoms with Crippen molar-refractivity contribution in [2.45, 2.75) is 50.4 Å². The second-order valence-electron chi connectivity index (χ2n) is 7.26. The van der Waals surface area contributed by atoms with Crippen LogP contribution in [0.15, 0.2) is 36.7 Å². The third-order valence-corrected chi connectivity index (χ3v) is 5.52. The van der Waals surface area contributed by atoms with E-state index in [1.807, 2.05) is 6.92 Å². The van der Waals surface area contributed by atoms with Crippen molar-refractivity contribution in [3.05, 3.63) is 59.2 Å². The molecule has 2 unspecified atom stereocenters. The Bertz CT molecular complexity index is 925. The van der Waals surface area contributed by atoms with Gasteiger partial charge in [0, 0.05) is 36.5 Å². The third-order valence-electron chi connectivity index (χ3n) is 5.52. The summed E-state index contributed by atoms with van der Waals surface area (Å²) in [6.45, 7) is 2.22. The lowest BCUT2D eigenvalue weighted by Crippen LogP contribution is -2.45. The molecule has 1 saturated carbocycles. The van der Waals surface area contributed by atoms with Gasteiger partial charge in [-0.05, 0) is 50.5 Å². The molecule has 0 spiro atoms. The zero-order valence-electron chi connectivity index (χ0n) is 15.9. The summed E-state index contributed by atoms with van der Waals surface area (Å²) in [6, 6.07) is 6.37. The molecule has 1 aromatic carbocycles. The van der Waals surface area contributed by atoms with Crippen LogP contribution in [-0.2, 0) is 11.8 Å². The number of hydrogen-bond donors (Lipinski definition) is 1. The molecule has 8 heteroatoms. The molecule has 1 aliphatic carbocycles. The number of aromatic nitrogens is 1. The highest BCUT2D eigenvalue weighted by atomic mass is 19.4. The maximum atomic E-state index is 14.2. The minimum absolute atomic E-state index is 0.157. The quantitative estimate of drug-likeness (QED) is 0.742. The van der Waals surface area contributed by atoms with Crippen molar-refractivity contribution in [2.75, 3.05) is 11.4 Å². The maximum Gasteiger partial charge on any atom is 0.417 e. The summed E-state index contributed by atoms with van der Waals surface area (Å²) in [4.78, 5) is 5.49. The summed E-state index contributed by atoms with van der Waals surface area (Å²) in [5, 5.41) is 20.1. The van der Waals surface area contributed by atoms with Gasteiger partial charge >= 0.3 is 6.18 Å². The van der Waals surface area contributed by atoms with Crippen LogP contribution in [0.4, 0.5) is 23.2 Å². The van der Waals surface area contributed by atoms with E-state index in [4.69, 9.17) is 5.26 Å². The van der Waals surface area contributed by atoms with E-state index in [1.54, 1.807) is 11.0 Å². The Morgan fingerprint density at radius 2 is 2.10 bits per heavy atom. The Hall–Kier alpha value is -2.66. The fourth-order valence-corrected chi connectivity index (χ4v) is 4.18. The predicted molar refractivity (Wildman–Crippen MR) is 99.5 cm³/mol. The van der Waals surface area contributed by atoms with E-state index in [0.29, 0.717) is 31.5 Å². The summed E-state index contributed by atoms with van der Waals surface area (Å²) in [7, 11) is 0. The van der Waals surface area contributed by atoms with E-state index in [9.17, 15) is 22.7 Å². The molecule has 4 nitrogen and oxygen atoms in total. The molecular formula is C21H21F4N3O. The minimum atomic E-state index is -4.64. The summed E-state index contributed by atoms with van der Waals surface area (Å²) in [6.07, 6.45) is -0.384. The summed E-state index contributed by atoms with van der Waals surface area (Å²) in [5.74, 6) is -0.601. The standard InChI is InChI=1S/C21H21F4N3O/c1-2-28(15-6-5-14(12-26)18(10-15)21(23,24)25)16-4-3-8-20(29,11-16)17-7-9-27-13-19(17)22/h5-7,9-10,13,16,29H,2-4,8,11H2,1H3. The zero-order chi connectivity index (χ0) is 21.2. The fourth-order valence-electron chi connectivity index (χ4n) is 4.18. The first-order chi connectivity index (χ1) is 13.7. The smallest absolute Gasteiger partial charge is 0.385 e. The van der Waals surface area contributed by atoms with Gasteiger partial charge in [0.05, 0.1) is 29.0 Å². The van der Waals surface area contributed by atoms with Crippen molar-refractivity contribution in [1.29, 1.82) is 5.26 Å². The van der Waals surface area contributed by atoms with E-state index in [0.717, 1.165) is 12.3 Å². The summed E-state index contributed by atoms with van der Waals surface area (Å²) < 4.78 is 54.3. The molecule has 0 amide bonds. The van der Waals surface area contributed by atoms with Crippen molar-refractivity contribution in [3.63, 3.8) is 0 Å². The average Bonchev–Trinajstić information content (AvgIpc) is 2.68. The molecule has 1 aliphatic rings. The van der Waals surface area contributed by atoms with Crippen LogP contribution in [0.1, 0.15) is 49.3 Å². The van der Waals surface area contributed by atoms with Crippen LogP contribution in [0.25, 0.3) is 0 Å². The number of aliphatic hydroxyl groups is 1. The first-order valence-electron chi connectivity index (χ1n) is 9.40. The Balaban J connectivity index is 1.95. The molecule has 1 heterocycles. The number of nitrogens with zero attached hydrogens (tertiary/aromatic N) is 3. The van der Waals surface area contributed by atoms with E-state index >= 15 is 0 Å². The molecule has 2 aromatic rings. The Morgan fingerprint density at radius 1 is 1.34 bits per heavy atom. The van der Waals surface area contributed by atoms with Gasteiger partial charge in [0.15, 0.2) is 0 Å². The number of hydrogen-bond acceptors (Lipinski definition) is 4. The van der Waals surface area contributed by atoms with Crippen LogP contribution in [0.5, 0.6) is 0 Å². The Labute approximate surface area is 166 Å². The Morgan fingerprint density at radius 3 is 2.72 bits per heavy atom. The van der Waals surface area contributed by atoms with Gasteiger partial charge in [0.2, 0.25) is 0 Å². The Kier molecular flexibility index (Phi) is 5.80. The second-order valence-corrected chi connectivity index (χ2v) is 7.26. The van der Waals surface area contributed by atoms with Crippen LogP contribution < -0.4 is 4.90 Å². The van der Waals surface area contributed by atoms with Gasteiger partial charge in [-0.3, -0.25) is 4.98 Å². The zero-order valence-corrected chi connectivity index (χ0v) is 15.9. The molecule has 29 heavy (non-hydrogen) atoms. The highest BCUT2D eigenvalue weighted by Crippen LogP contribution is 2.41. The van der Waals surface area contributed by atoms with Crippen LogP contribution >= 0.6 is 0 Å². The van der Waals surface area contributed by atoms with Crippen LogP contribution in [0, 0.1) is 17.1 Å². The van der Waals surface area contributed by atoms with Crippen LogP contribution in [-0.4, -0.2) is 22.7 Å². The van der Waals surface area contributed by atoms with Gasteiger partial charge in [0.1, 0.15) is 5.82 Å². The molecule has 2 atom stereocenters. The molecule has 0 radical (unpaired) electrons. The molecule has 1 aromatic heterocycles. The monoisotopic (exact) mass is 407 g/mol. The number of nitriles is 1. The number of alkyl halides is 3. The first kappa shape index (κ1) is 21.1. The lowest BCUT2D eigenvalue weighted by molar-refractivity contribution is -0.137. The van der Waals surface area contributed by atoms with E-state index in [2.05, 4.69) is 4.98 Å². The number of rotatable bonds is 4. The fraction of sp³-hybridized carbons (Fsp3) is 0.429. The molecule has 0 saturated heterocycles. The molecule has 0 aliphatic heterocycles. The van der Waals surface area contributed by atoms with Gasteiger partial charge < -0.3 is 10.0 Å². The number of benzene rings is 1. The molecule has 0 bridgehead atoms. The predicted octanol–water partition coefficient (Wildman–Crippen LogP) is 4.77. The number of pyridine rings is 1. The molecule has 154 valence electrons. The van der Waals surface area contributed by atoms with Crippen molar-refractivity contribution in [1.82, 2.24) is 4.98 Å². The van der Waals surface area contributed by atoms with E-state index in [-0.39, 0.29) is 18.0 Å². The third kappa shape index (κ3) is 4.20. The van der Waals surface area contributed by atoms with E-state index in [1.165, 1.54) is 24.4 Å². The van der Waals surface area contributed by atoms with Crippen molar-refractivity contribution in [3.8, 4) is 6.07 Å². The minimum Gasteiger partial charge on any atom is -0.385 e. The van der Waals surface area contributed by atoms with Crippen LogP contribution in [0.3, 0.4) is 0 Å². The van der Waals surface area contributed by atoms with Gasteiger partial charge in [-0.2, -0.15) is 18.4 Å². The lowest BCUT2D eigenvalue weighted by Gasteiger charge is -2.43. The molecule has 3 rings (SSSR count). The highest BCUT2D eigenvalue weighted by Gasteiger charge is 2.40. The SMILES string of the molecule is CCN(c1ccc(C#N)c(C(F)(F)F)c1)C1CCCC(O)(c2ccncc2F)C1. The molecule has 1 N–H and O–H groups in total. The molecular weight excluding hydrogens is 386 g/mol. The van der Waals surface area contributed by atoms with Crippen LogP contribution in [0.2, 0.25) is 0 Å². The van der Waals surface area contributed by atoms with Gasteiger partial charge in [0.25, 0.3) is 0 Å². The topological polar surface area (TPSA) is 60.2 Å². The largest absolute Gasteiger partial charge is 0.417 e. The summed E-state index contributed by atoms with van der Waals surface area (Å²) in [5.41, 5.74) is -2.35. The normalized spacial score (nSPS) is 22.2. The number of anilines is 1. The highest BCUT2D eigenvalue weighted by molar-refractivity contribution is 5.55. The van der Waals surface area contributed by atoms with Crippen molar-refractivity contribution < 1.29 is 22.7 Å². The van der Waals surface area contributed by atoms with Gasteiger partial charge in [-0.1, -0.05) is 0 Å². The number of halogens is 4. The first-order valence-corrected chi connectivity index (χ1v) is 9.40. The molecule has 1 fully saturated rings. The average molecular weight is 407 g/mol.